The fourth-order valence-electron chi connectivity index (χ4n) is 2.66. The molecule has 0 aliphatic carbocycles. The van der Waals surface area contributed by atoms with Crippen LogP contribution in [0.5, 0.6) is 0 Å². The lowest BCUT2D eigenvalue weighted by Gasteiger charge is -2.27. The molecule has 1 aliphatic rings. The molecule has 3 heteroatoms. The number of amides is 1. The molecule has 0 fully saturated rings. The van der Waals surface area contributed by atoms with Crippen LogP contribution in [-0.2, 0) is 17.6 Å². The highest BCUT2D eigenvalue weighted by atomic mass is 16.1. The van der Waals surface area contributed by atoms with E-state index >= 15 is 0 Å². The topological polar surface area (TPSA) is 32.3 Å². The molecule has 0 saturated carbocycles. The number of carbonyl (C=O) groups excluding carboxylic acids is 1. The molecule has 1 N–H and O–H groups in total. The van der Waals surface area contributed by atoms with E-state index in [1.54, 1.807) is 0 Å². The van der Waals surface area contributed by atoms with Crippen molar-refractivity contribution in [1.29, 1.82) is 0 Å². The molecular formula is C16H24N2O. The number of aryl methyl sites for hydroxylation is 1. The number of nitrogens with one attached hydrogen (secondary N) is 1. The van der Waals surface area contributed by atoms with Gasteiger partial charge in [0.15, 0.2) is 0 Å². The van der Waals surface area contributed by atoms with Gasteiger partial charge >= 0.3 is 0 Å². The maximum absolute atomic E-state index is 11.4. The van der Waals surface area contributed by atoms with Gasteiger partial charge in [0.1, 0.15) is 0 Å². The molecule has 0 unspecified atom stereocenters. The molecule has 1 aromatic rings. The minimum atomic E-state index is 0.167. The molecule has 0 bridgehead atoms. The number of carbonyl (C=O) groups is 1. The van der Waals surface area contributed by atoms with Crippen LogP contribution < -0.4 is 10.2 Å². The summed E-state index contributed by atoms with van der Waals surface area (Å²) in [5.74, 6) is 0.167. The van der Waals surface area contributed by atoms with Crippen LogP contribution in [0.15, 0.2) is 18.2 Å². The Morgan fingerprint density at radius 3 is 3.05 bits per heavy atom. The monoisotopic (exact) mass is 260 g/mol. The number of nitrogens with zero attached hydrogens (tertiary/aromatic N) is 1. The highest BCUT2D eigenvalue weighted by Gasteiger charge is 2.13. The van der Waals surface area contributed by atoms with Crippen LogP contribution in [0.25, 0.3) is 0 Å². The quantitative estimate of drug-likeness (QED) is 0.882. The van der Waals surface area contributed by atoms with Crippen molar-refractivity contribution in [1.82, 2.24) is 5.32 Å². The molecule has 1 aromatic carbocycles. The number of anilines is 1. The van der Waals surface area contributed by atoms with E-state index < -0.39 is 0 Å². The molecular weight excluding hydrogens is 236 g/mol. The van der Waals surface area contributed by atoms with Gasteiger partial charge in [-0.15, -0.1) is 0 Å². The van der Waals surface area contributed by atoms with Crippen molar-refractivity contribution in [3.05, 3.63) is 29.3 Å². The largest absolute Gasteiger partial charge is 0.374 e. The van der Waals surface area contributed by atoms with E-state index in [0.29, 0.717) is 6.42 Å². The Morgan fingerprint density at radius 2 is 2.26 bits per heavy atom. The zero-order chi connectivity index (χ0) is 13.7. The van der Waals surface area contributed by atoms with Gasteiger partial charge in [-0.05, 0) is 42.9 Å². The fourth-order valence-corrected chi connectivity index (χ4v) is 2.66. The highest BCUT2D eigenvalue weighted by Crippen LogP contribution is 2.26. The normalized spacial score (nSPS) is 14.1. The third-order valence-electron chi connectivity index (χ3n) is 3.71. The van der Waals surface area contributed by atoms with Gasteiger partial charge in [-0.2, -0.15) is 0 Å². The molecule has 2 rings (SSSR count). The van der Waals surface area contributed by atoms with E-state index in [1.165, 1.54) is 29.7 Å². The zero-order valence-corrected chi connectivity index (χ0v) is 12.0. The second-order valence-electron chi connectivity index (χ2n) is 5.34. The molecule has 1 aliphatic heterocycles. The maximum Gasteiger partial charge on any atom is 0.219 e. The van der Waals surface area contributed by atoms with Crippen LogP contribution >= 0.6 is 0 Å². The zero-order valence-electron chi connectivity index (χ0n) is 12.0. The summed E-state index contributed by atoms with van der Waals surface area (Å²) in [7, 11) is 2.16. The SMILES string of the molecule is CCCC(=O)NCCc1ccc2c(c1)CCCN2C. The molecule has 3 nitrogen and oxygen atoms in total. The second kappa shape index (κ2) is 6.60. The Balaban J connectivity index is 1.90. The lowest BCUT2D eigenvalue weighted by atomic mass is 9.98. The fraction of sp³-hybridized carbons (Fsp3) is 0.562. The Kier molecular flexibility index (Phi) is 4.83. The first-order chi connectivity index (χ1) is 9.20. The van der Waals surface area contributed by atoms with E-state index in [2.05, 4.69) is 35.5 Å². The molecule has 1 amide bonds. The number of fused-ring (bicyclic) bond motifs is 1. The summed E-state index contributed by atoms with van der Waals surface area (Å²) in [6, 6.07) is 6.71. The summed E-state index contributed by atoms with van der Waals surface area (Å²) >= 11 is 0. The molecule has 0 spiro atoms. The van der Waals surface area contributed by atoms with E-state index in [0.717, 1.165) is 25.9 Å². The molecule has 0 atom stereocenters. The Hall–Kier alpha value is -1.51. The second-order valence-corrected chi connectivity index (χ2v) is 5.34. The van der Waals surface area contributed by atoms with Gasteiger partial charge in [0, 0.05) is 32.2 Å². The third-order valence-corrected chi connectivity index (χ3v) is 3.71. The lowest BCUT2D eigenvalue weighted by molar-refractivity contribution is -0.121. The van der Waals surface area contributed by atoms with Gasteiger partial charge in [0.2, 0.25) is 5.91 Å². The van der Waals surface area contributed by atoms with Crippen LogP contribution in [0.1, 0.15) is 37.3 Å². The summed E-state index contributed by atoms with van der Waals surface area (Å²) in [4.78, 5) is 13.7. The average Bonchev–Trinajstić information content (AvgIpc) is 2.39. The summed E-state index contributed by atoms with van der Waals surface area (Å²) < 4.78 is 0. The van der Waals surface area contributed by atoms with E-state index in [9.17, 15) is 4.79 Å². The minimum Gasteiger partial charge on any atom is -0.374 e. The van der Waals surface area contributed by atoms with Crippen LogP contribution in [0, 0.1) is 0 Å². The van der Waals surface area contributed by atoms with Gasteiger partial charge in [-0.3, -0.25) is 4.79 Å². The Labute approximate surface area is 116 Å². The van der Waals surface area contributed by atoms with E-state index in [1.807, 2.05) is 6.92 Å². The van der Waals surface area contributed by atoms with E-state index in [-0.39, 0.29) is 5.91 Å². The van der Waals surface area contributed by atoms with Crippen LogP contribution in [0.3, 0.4) is 0 Å². The highest BCUT2D eigenvalue weighted by molar-refractivity contribution is 5.75. The van der Waals surface area contributed by atoms with Gasteiger partial charge in [-0.25, -0.2) is 0 Å². The van der Waals surface area contributed by atoms with Crippen LogP contribution in [0.2, 0.25) is 0 Å². The Bertz CT molecular complexity index is 442. The lowest BCUT2D eigenvalue weighted by Crippen LogP contribution is -2.26. The smallest absolute Gasteiger partial charge is 0.219 e. The van der Waals surface area contributed by atoms with Gasteiger partial charge in [0.05, 0.1) is 0 Å². The van der Waals surface area contributed by atoms with E-state index in [4.69, 9.17) is 0 Å². The molecule has 104 valence electrons. The first-order valence-corrected chi connectivity index (χ1v) is 7.30. The summed E-state index contributed by atoms with van der Waals surface area (Å²) in [5, 5.41) is 2.97. The number of rotatable bonds is 5. The van der Waals surface area contributed by atoms with Gasteiger partial charge in [0.25, 0.3) is 0 Å². The molecule has 0 aromatic heterocycles. The molecule has 19 heavy (non-hydrogen) atoms. The van der Waals surface area contributed by atoms with Gasteiger partial charge in [-0.1, -0.05) is 19.1 Å². The summed E-state index contributed by atoms with van der Waals surface area (Å²) in [6.45, 7) is 3.92. The molecule has 0 radical (unpaired) electrons. The number of hydrogen-bond donors (Lipinski definition) is 1. The number of benzene rings is 1. The summed E-state index contributed by atoms with van der Waals surface area (Å²) in [5.41, 5.74) is 4.14. The average molecular weight is 260 g/mol. The van der Waals surface area contributed by atoms with Crippen molar-refractivity contribution >= 4 is 11.6 Å². The standard InChI is InChI=1S/C16H24N2O/c1-3-5-16(19)17-10-9-13-7-8-15-14(12-13)6-4-11-18(15)2/h7-8,12H,3-6,9-11H2,1-2H3,(H,17,19). The van der Waals surface area contributed by atoms with Crippen molar-refractivity contribution in [2.75, 3.05) is 25.0 Å². The van der Waals surface area contributed by atoms with Crippen LogP contribution in [-0.4, -0.2) is 26.0 Å². The van der Waals surface area contributed by atoms with Crippen molar-refractivity contribution in [2.45, 2.75) is 39.0 Å². The molecule has 1 heterocycles. The first-order valence-electron chi connectivity index (χ1n) is 7.30. The van der Waals surface area contributed by atoms with Crippen LogP contribution in [0.4, 0.5) is 5.69 Å². The number of hydrogen-bond acceptors (Lipinski definition) is 2. The van der Waals surface area contributed by atoms with Crippen molar-refractivity contribution in [3.8, 4) is 0 Å². The van der Waals surface area contributed by atoms with Crippen molar-refractivity contribution in [3.63, 3.8) is 0 Å². The first kappa shape index (κ1) is 13.9. The molecule has 0 saturated heterocycles. The Morgan fingerprint density at radius 1 is 1.42 bits per heavy atom. The minimum absolute atomic E-state index is 0.167. The maximum atomic E-state index is 11.4. The third kappa shape index (κ3) is 3.72. The predicted molar refractivity (Wildman–Crippen MR) is 79.7 cm³/mol. The van der Waals surface area contributed by atoms with Crippen molar-refractivity contribution in [2.24, 2.45) is 0 Å². The summed E-state index contributed by atoms with van der Waals surface area (Å²) in [6.07, 6.45) is 4.88. The predicted octanol–water partition coefficient (Wildman–Crippen LogP) is 2.53. The van der Waals surface area contributed by atoms with Gasteiger partial charge < -0.3 is 10.2 Å². The van der Waals surface area contributed by atoms with Crippen molar-refractivity contribution < 1.29 is 4.79 Å².